The van der Waals surface area contributed by atoms with E-state index in [0.717, 1.165) is 5.56 Å². The fourth-order valence-corrected chi connectivity index (χ4v) is 5.68. The van der Waals surface area contributed by atoms with Crippen LogP contribution in [0.25, 0.3) is 33.6 Å². The summed E-state index contributed by atoms with van der Waals surface area (Å²) < 4.78 is 26.2. The van der Waals surface area contributed by atoms with Crippen molar-refractivity contribution in [2.24, 2.45) is 0 Å². The van der Waals surface area contributed by atoms with Gasteiger partial charge in [-0.25, -0.2) is 9.97 Å². The van der Waals surface area contributed by atoms with Crippen LogP contribution < -0.4 is 14.2 Å². The summed E-state index contributed by atoms with van der Waals surface area (Å²) in [6.45, 7) is 7.65. The van der Waals surface area contributed by atoms with Crippen molar-refractivity contribution < 1.29 is 18.8 Å². The van der Waals surface area contributed by atoms with Crippen molar-refractivity contribution in [3.63, 3.8) is 0 Å². The number of aromatic nitrogens is 2. The number of halogens is 2. The molecule has 0 saturated heterocycles. The number of rotatable bonds is 9. The van der Waals surface area contributed by atoms with Gasteiger partial charge in [-0.2, -0.15) is 0 Å². The van der Waals surface area contributed by atoms with Crippen LogP contribution in [0.15, 0.2) is 60.7 Å². The summed E-state index contributed by atoms with van der Waals surface area (Å²) >= 11 is 12.6. The van der Waals surface area contributed by atoms with E-state index in [0.29, 0.717) is 61.4 Å². The first-order valence-electron chi connectivity index (χ1n) is 12.8. The number of methoxy groups -OCH3 is 2. The number of hydrogen-bond donors (Lipinski definition) is 1. The number of hydrogen-bond acceptors (Lipinski definition) is 7. The highest BCUT2D eigenvalue weighted by Gasteiger charge is 2.29. The molecule has 7 nitrogen and oxygen atoms in total. The molecular formula is C31H31Cl2N3O4S. The summed E-state index contributed by atoms with van der Waals surface area (Å²) in [7, 11) is 3.01. The molecule has 2 aromatic carbocycles. The minimum absolute atomic E-state index is 0.219. The first-order chi connectivity index (χ1) is 19.5. The van der Waals surface area contributed by atoms with E-state index in [9.17, 15) is 9.35 Å². The van der Waals surface area contributed by atoms with E-state index in [4.69, 9.17) is 37.7 Å². The maximum Gasteiger partial charge on any atom is 0.224 e. The predicted octanol–water partition coefficient (Wildman–Crippen LogP) is 7.73. The highest BCUT2D eigenvalue weighted by Crippen LogP contribution is 2.42. The lowest BCUT2D eigenvalue weighted by atomic mass is 9.98. The van der Waals surface area contributed by atoms with Crippen molar-refractivity contribution in [3.05, 3.63) is 81.8 Å². The second-order valence-corrected chi connectivity index (χ2v) is 13.0. The van der Waals surface area contributed by atoms with Gasteiger partial charge in [-0.15, -0.1) is 4.72 Å². The highest BCUT2D eigenvalue weighted by atomic mass is 35.5. The Labute approximate surface area is 253 Å². The topological polar surface area (TPSA) is 96.4 Å². The van der Waals surface area contributed by atoms with Crippen LogP contribution >= 0.6 is 23.2 Å². The lowest BCUT2D eigenvalue weighted by Gasteiger charge is -2.27. The average Bonchev–Trinajstić information content (AvgIpc) is 2.96. The van der Waals surface area contributed by atoms with Gasteiger partial charge in [0.15, 0.2) is 6.29 Å². The largest absolute Gasteiger partial charge is 0.598 e. The Morgan fingerprint density at radius 1 is 0.829 bits per heavy atom. The van der Waals surface area contributed by atoms with Crippen LogP contribution in [0.3, 0.4) is 0 Å². The molecule has 1 N–H and O–H groups in total. The molecule has 0 aliphatic heterocycles. The van der Waals surface area contributed by atoms with Crippen molar-refractivity contribution in [2.45, 2.75) is 38.5 Å². The summed E-state index contributed by atoms with van der Waals surface area (Å²) in [6.07, 6.45) is 0.693. The van der Waals surface area contributed by atoms with Gasteiger partial charge in [0.25, 0.3) is 0 Å². The molecule has 0 aliphatic carbocycles. The lowest BCUT2D eigenvalue weighted by molar-refractivity contribution is 0.112. The zero-order chi connectivity index (χ0) is 29.9. The molecule has 214 valence electrons. The number of benzene rings is 2. The molecule has 0 aliphatic rings. The van der Waals surface area contributed by atoms with Gasteiger partial charge >= 0.3 is 0 Å². The molecule has 10 heteroatoms. The van der Waals surface area contributed by atoms with Crippen LogP contribution in [0, 0.1) is 0 Å². The number of nitrogens with one attached hydrogen (secondary N) is 1. The van der Waals surface area contributed by atoms with Gasteiger partial charge in [0, 0.05) is 39.2 Å². The molecule has 0 fully saturated rings. The molecule has 1 unspecified atom stereocenters. The highest BCUT2D eigenvalue weighted by molar-refractivity contribution is 7.90. The Morgan fingerprint density at radius 2 is 1.32 bits per heavy atom. The first kappa shape index (κ1) is 30.8. The number of pyridine rings is 2. The zero-order valence-corrected chi connectivity index (χ0v) is 25.9. The maximum atomic E-state index is 12.6. The van der Waals surface area contributed by atoms with Crippen LogP contribution in [0.1, 0.15) is 49.7 Å². The minimum Gasteiger partial charge on any atom is -0.598 e. The summed E-state index contributed by atoms with van der Waals surface area (Å²) in [5.41, 5.74) is 5.09. The molecule has 4 aromatic rings. The van der Waals surface area contributed by atoms with Gasteiger partial charge in [0.1, 0.15) is 4.75 Å². The quantitative estimate of drug-likeness (QED) is 0.153. The fraction of sp³-hybridized carbons (Fsp3) is 0.258. The van der Waals surface area contributed by atoms with Crippen LogP contribution in [-0.4, -0.2) is 39.8 Å². The van der Waals surface area contributed by atoms with Gasteiger partial charge in [0.2, 0.25) is 11.8 Å². The Morgan fingerprint density at radius 3 is 1.80 bits per heavy atom. The SMILES string of the molecule is COc1nc(-c2cccc(-c3cccc(-c4ccc([C@H](C)N[S+]([O-])C(C)(C)C)c(OC)n4)c3Cl)c2Cl)ccc1C=O. The zero-order valence-electron chi connectivity index (χ0n) is 23.6. The molecule has 0 saturated carbocycles. The van der Waals surface area contributed by atoms with Crippen molar-refractivity contribution in [1.29, 1.82) is 0 Å². The number of carbonyl (C=O) groups is 1. The summed E-state index contributed by atoms with van der Waals surface area (Å²) in [5, 5.41) is 0.920. The van der Waals surface area contributed by atoms with Crippen molar-refractivity contribution in [1.82, 2.24) is 14.7 Å². The van der Waals surface area contributed by atoms with E-state index in [-0.39, 0.29) is 11.9 Å². The summed E-state index contributed by atoms with van der Waals surface area (Å²) in [4.78, 5) is 20.5. The van der Waals surface area contributed by atoms with Gasteiger partial charge < -0.3 is 14.0 Å². The third kappa shape index (κ3) is 6.52. The monoisotopic (exact) mass is 611 g/mol. The standard InChI is InChI=1S/C31H31Cl2N3O4S/c1-18(36-41(38)31(2,3)4)20-14-16-26(35-30(20)40-6)24-12-8-10-22(28(24)33)21-9-7-11-23(27(21)32)25-15-13-19(17-37)29(34-25)39-5/h7-18,36H,1-6H3/t18-,41?/m0/s1. The fourth-order valence-electron chi connectivity index (χ4n) is 4.23. The number of aldehydes is 1. The molecule has 41 heavy (non-hydrogen) atoms. The van der Waals surface area contributed by atoms with Crippen molar-refractivity contribution in [3.8, 4) is 45.4 Å². The minimum atomic E-state index is -1.26. The average molecular weight is 613 g/mol. The number of nitrogens with zero attached hydrogens (tertiary/aromatic N) is 2. The Bertz CT molecular complexity index is 1580. The Balaban J connectivity index is 1.73. The van der Waals surface area contributed by atoms with E-state index in [1.54, 1.807) is 19.2 Å². The first-order valence-corrected chi connectivity index (χ1v) is 14.7. The second kappa shape index (κ2) is 12.8. The van der Waals surface area contributed by atoms with Crippen LogP contribution in [0.5, 0.6) is 11.8 Å². The molecule has 0 radical (unpaired) electrons. The van der Waals surface area contributed by atoms with E-state index >= 15 is 0 Å². The van der Waals surface area contributed by atoms with E-state index in [1.165, 1.54) is 7.11 Å². The molecule has 0 amide bonds. The summed E-state index contributed by atoms with van der Waals surface area (Å²) in [6, 6.07) is 18.1. The molecular weight excluding hydrogens is 581 g/mol. The number of ether oxygens (including phenoxy) is 2. The van der Waals surface area contributed by atoms with Gasteiger partial charge in [-0.1, -0.05) is 59.6 Å². The normalized spacial score (nSPS) is 13.0. The molecule has 0 spiro atoms. The molecule has 2 atom stereocenters. The van der Waals surface area contributed by atoms with Crippen LogP contribution in [0.2, 0.25) is 10.0 Å². The Kier molecular flexibility index (Phi) is 9.62. The van der Waals surface area contributed by atoms with Crippen LogP contribution in [0.4, 0.5) is 0 Å². The predicted molar refractivity (Wildman–Crippen MR) is 166 cm³/mol. The maximum absolute atomic E-state index is 12.6. The van der Waals surface area contributed by atoms with Gasteiger partial charge in [0.05, 0.1) is 47.3 Å². The third-order valence-corrected chi connectivity index (χ3v) is 8.93. The Hall–Kier alpha value is -3.14. The molecule has 0 bridgehead atoms. The smallest absolute Gasteiger partial charge is 0.224 e. The van der Waals surface area contributed by atoms with Crippen LogP contribution in [-0.2, 0) is 11.4 Å². The molecule has 2 aromatic heterocycles. The molecule has 4 rings (SSSR count). The second-order valence-electron chi connectivity index (χ2n) is 10.3. The van der Waals surface area contributed by atoms with Crippen molar-refractivity contribution >= 4 is 40.8 Å². The molecule has 2 heterocycles. The van der Waals surface area contributed by atoms with E-state index < -0.39 is 16.1 Å². The van der Waals surface area contributed by atoms with E-state index in [1.807, 2.05) is 76.2 Å². The summed E-state index contributed by atoms with van der Waals surface area (Å²) in [5.74, 6) is 0.630. The lowest BCUT2D eigenvalue weighted by Crippen LogP contribution is -2.40. The van der Waals surface area contributed by atoms with E-state index in [2.05, 4.69) is 9.71 Å². The van der Waals surface area contributed by atoms with Crippen molar-refractivity contribution in [2.75, 3.05) is 14.2 Å². The van der Waals surface area contributed by atoms with Gasteiger partial charge in [-0.05, 0) is 52.0 Å². The van der Waals surface area contributed by atoms with Gasteiger partial charge in [-0.3, -0.25) is 4.79 Å². The third-order valence-electron chi connectivity index (χ3n) is 6.44. The number of carbonyl (C=O) groups excluding carboxylic acids is 1.